The molecule has 0 spiro atoms. The smallest absolute Gasteiger partial charge is 0.243 e. The van der Waals surface area contributed by atoms with Gasteiger partial charge in [-0.15, -0.1) is 0 Å². The fraction of sp³-hybridized carbons (Fsp3) is 0.409. The lowest BCUT2D eigenvalue weighted by molar-refractivity contribution is -0.118. The first-order valence-electron chi connectivity index (χ1n) is 10.1. The second-order valence-corrected chi connectivity index (χ2v) is 9.60. The maximum absolute atomic E-state index is 13.2. The third-order valence-corrected chi connectivity index (χ3v) is 7.72. The van der Waals surface area contributed by atoms with Crippen molar-refractivity contribution in [2.45, 2.75) is 43.9 Å². The highest BCUT2D eigenvalue weighted by Crippen LogP contribution is 2.49. The zero-order valence-electron chi connectivity index (χ0n) is 17.4. The molecule has 30 heavy (non-hydrogen) atoms. The van der Waals surface area contributed by atoms with Gasteiger partial charge in [-0.2, -0.15) is 4.31 Å². The van der Waals surface area contributed by atoms with E-state index in [9.17, 15) is 13.2 Å². The summed E-state index contributed by atoms with van der Waals surface area (Å²) >= 11 is 5.98. The lowest BCUT2D eigenvalue weighted by Gasteiger charge is -2.21. The highest BCUT2D eigenvalue weighted by atomic mass is 35.5. The molecule has 0 radical (unpaired) electrons. The van der Waals surface area contributed by atoms with Crippen molar-refractivity contribution in [3.8, 4) is 5.75 Å². The Bertz CT molecular complexity index is 1010. The Morgan fingerprint density at radius 2 is 1.73 bits per heavy atom. The summed E-state index contributed by atoms with van der Waals surface area (Å²) in [5.74, 6) is 0.263. The van der Waals surface area contributed by atoms with Crippen molar-refractivity contribution in [2.75, 3.05) is 25.0 Å². The molecule has 1 aliphatic rings. The van der Waals surface area contributed by atoms with E-state index in [-0.39, 0.29) is 10.8 Å². The molecule has 1 N–H and O–H groups in total. The lowest BCUT2D eigenvalue weighted by Crippen LogP contribution is -2.31. The maximum Gasteiger partial charge on any atom is 0.243 e. The van der Waals surface area contributed by atoms with E-state index in [0.29, 0.717) is 36.2 Å². The van der Waals surface area contributed by atoms with Crippen LogP contribution in [0.5, 0.6) is 5.75 Å². The molecule has 8 heteroatoms. The van der Waals surface area contributed by atoms with Crippen molar-refractivity contribution in [2.24, 2.45) is 0 Å². The fourth-order valence-electron chi connectivity index (χ4n) is 3.54. The van der Waals surface area contributed by atoms with Crippen molar-refractivity contribution >= 4 is 33.2 Å². The second-order valence-electron chi connectivity index (χ2n) is 7.22. The molecule has 0 aromatic heterocycles. The van der Waals surface area contributed by atoms with Crippen LogP contribution in [0.3, 0.4) is 0 Å². The Morgan fingerprint density at radius 1 is 1.10 bits per heavy atom. The van der Waals surface area contributed by atoms with E-state index >= 15 is 0 Å². The van der Waals surface area contributed by atoms with Gasteiger partial charge in [0, 0.05) is 18.1 Å². The molecule has 6 nitrogen and oxygen atoms in total. The van der Waals surface area contributed by atoms with Crippen LogP contribution in [-0.4, -0.2) is 38.3 Å². The van der Waals surface area contributed by atoms with Crippen molar-refractivity contribution in [3.05, 3.63) is 53.1 Å². The minimum atomic E-state index is -3.66. The van der Waals surface area contributed by atoms with Gasteiger partial charge in [0.05, 0.1) is 22.6 Å². The number of anilines is 1. The zero-order valence-corrected chi connectivity index (χ0v) is 19.0. The average Bonchev–Trinajstić information content (AvgIpc) is 3.52. The molecule has 0 heterocycles. The number of carbonyl (C=O) groups excluding carboxylic acids is 1. The highest BCUT2D eigenvalue weighted by molar-refractivity contribution is 7.89. The molecule has 2 aromatic rings. The molecule has 0 saturated heterocycles. The number of carbonyl (C=O) groups is 1. The standard InChI is InChI=1S/C22H27ClN2O4S/c1-4-25(5-2)30(27,28)18-11-12-20(29-6-3)19(15-18)24-21(26)22(13-14-22)16-7-9-17(23)10-8-16/h7-12,15H,4-6,13-14H2,1-3H3,(H,24,26). The Morgan fingerprint density at radius 3 is 2.27 bits per heavy atom. The van der Waals surface area contributed by atoms with Crippen molar-refractivity contribution in [1.29, 1.82) is 0 Å². The Labute approximate surface area is 183 Å². The molecule has 2 aromatic carbocycles. The van der Waals surface area contributed by atoms with E-state index in [1.54, 1.807) is 32.0 Å². The second kappa shape index (κ2) is 8.96. The van der Waals surface area contributed by atoms with Gasteiger partial charge in [0.2, 0.25) is 15.9 Å². The first-order chi connectivity index (χ1) is 14.3. The molecule has 162 valence electrons. The molecule has 0 unspecified atom stereocenters. The van der Waals surface area contributed by atoms with Crippen molar-refractivity contribution < 1.29 is 17.9 Å². The number of benzene rings is 2. The predicted octanol–water partition coefficient (Wildman–Crippen LogP) is 4.44. The van der Waals surface area contributed by atoms with E-state index in [1.165, 1.54) is 16.4 Å². The number of nitrogens with zero attached hydrogens (tertiary/aromatic N) is 1. The van der Waals surface area contributed by atoms with Gasteiger partial charge in [0.25, 0.3) is 0 Å². The van der Waals surface area contributed by atoms with Gasteiger partial charge in [0.1, 0.15) is 5.75 Å². The number of amides is 1. The minimum absolute atomic E-state index is 0.126. The third-order valence-electron chi connectivity index (χ3n) is 5.42. The molecular weight excluding hydrogens is 424 g/mol. The summed E-state index contributed by atoms with van der Waals surface area (Å²) in [4.78, 5) is 13.3. The monoisotopic (exact) mass is 450 g/mol. The summed E-state index contributed by atoms with van der Waals surface area (Å²) in [6.45, 7) is 6.55. The summed E-state index contributed by atoms with van der Waals surface area (Å²) in [6, 6.07) is 11.9. The van der Waals surface area contributed by atoms with Crippen LogP contribution in [0.4, 0.5) is 5.69 Å². The van der Waals surface area contributed by atoms with E-state index in [4.69, 9.17) is 16.3 Å². The van der Waals surface area contributed by atoms with Crippen LogP contribution in [0.1, 0.15) is 39.2 Å². The summed E-state index contributed by atoms with van der Waals surface area (Å²) in [5, 5.41) is 3.53. The van der Waals surface area contributed by atoms with Crippen LogP contribution in [0.2, 0.25) is 5.02 Å². The van der Waals surface area contributed by atoms with Crippen LogP contribution >= 0.6 is 11.6 Å². The van der Waals surface area contributed by atoms with Crippen LogP contribution in [0.25, 0.3) is 0 Å². The van der Waals surface area contributed by atoms with Crippen LogP contribution < -0.4 is 10.1 Å². The Kier molecular flexibility index (Phi) is 6.75. The van der Waals surface area contributed by atoms with Gasteiger partial charge in [-0.05, 0) is 55.7 Å². The lowest BCUT2D eigenvalue weighted by atomic mass is 9.95. The number of hydrogen-bond acceptors (Lipinski definition) is 4. The normalized spacial score (nSPS) is 15.1. The molecule has 3 rings (SSSR count). The van der Waals surface area contributed by atoms with Gasteiger partial charge in [-0.1, -0.05) is 37.6 Å². The number of hydrogen-bond donors (Lipinski definition) is 1. The number of nitrogens with one attached hydrogen (secondary N) is 1. The van der Waals surface area contributed by atoms with Crippen LogP contribution in [0.15, 0.2) is 47.4 Å². The minimum Gasteiger partial charge on any atom is -0.492 e. The van der Waals surface area contributed by atoms with E-state index in [0.717, 1.165) is 18.4 Å². The molecule has 1 aliphatic carbocycles. The van der Waals surface area contributed by atoms with Crippen LogP contribution in [-0.2, 0) is 20.2 Å². The summed E-state index contributed by atoms with van der Waals surface area (Å²) in [6.07, 6.45) is 1.45. The molecule has 1 amide bonds. The summed E-state index contributed by atoms with van der Waals surface area (Å²) in [5.41, 5.74) is 0.631. The third kappa shape index (κ3) is 4.33. The zero-order chi connectivity index (χ0) is 21.9. The van der Waals surface area contributed by atoms with Crippen LogP contribution in [0, 0.1) is 0 Å². The number of sulfonamides is 1. The molecule has 0 atom stereocenters. The molecule has 0 aliphatic heterocycles. The quantitative estimate of drug-likeness (QED) is 0.612. The van der Waals surface area contributed by atoms with Gasteiger partial charge < -0.3 is 10.1 Å². The summed E-state index contributed by atoms with van der Waals surface area (Å²) in [7, 11) is -3.66. The van der Waals surface area contributed by atoms with Gasteiger partial charge in [-0.25, -0.2) is 8.42 Å². The van der Waals surface area contributed by atoms with Gasteiger partial charge in [0.15, 0.2) is 0 Å². The van der Waals surface area contributed by atoms with E-state index < -0.39 is 15.4 Å². The molecular formula is C22H27ClN2O4S. The average molecular weight is 451 g/mol. The molecule has 1 saturated carbocycles. The van der Waals surface area contributed by atoms with Crippen molar-refractivity contribution in [1.82, 2.24) is 4.31 Å². The topological polar surface area (TPSA) is 75.7 Å². The predicted molar refractivity (Wildman–Crippen MR) is 119 cm³/mol. The Hall–Kier alpha value is -2.09. The largest absolute Gasteiger partial charge is 0.492 e. The molecule has 1 fully saturated rings. The fourth-order valence-corrected chi connectivity index (χ4v) is 5.15. The number of halogens is 1. The Balaban J connectivity index is 1.94. The molecule has 0 bridgehead atoms. The number of rotatable bonds is 9. The first kappa shape index (κ1) is 22.6. The van der Waals surface area contributed by atoms with Gasteiger partial charge >= 0.3 is 0 Å². The SMILES string of the molecule is CCOc1ccc(S(=O)(=O)N(CC)CC)cc1NC(=O)C1(c2ccc(Cl)cc2)CC1. The van der Waals surface area contributed by atoms with E-state index in [1.807, 2.05) is 19.1 Å². The highest BCUT2D eigenvalue weighted by Gasteiger charge is 2.51. The number of ether oxygens (including phenoxy) is 1. The van der Waals surface area contributed by atoms with Crippen molar-refractivity contribution in [3.63, 3.8) is 0 Å². The van der Waals surface area contributed by atoms with Gasteiger partial charge in [-0.3, -0.25) is 4.79 Å². The van der Waals surface area contributed by atoms with E-state index in [2.05, 4.69) is 5.32 Å². The first-order valence-corrected chi connectivity index (χ1v) is 11.9. The summed E-state index contributed by atoms with van der Waals surface area (Å²) < 4.78 is 32.9. The maximum atomic E-state index is 13.2.